The Kier molecular flexibility index (Phi) is 7.61. The molecule has 0 unspecified atom stereocenters. The summed E-state index contributed by atoms with van der Waals surface area (Å²) in [6, 6.07) is 31.6. The van der Waals surface area contributed by atoms with Gasteiger partial charge < -0.3 is 14.6 Å². The Morgan fingerprint density at radius 3 is 1.71 bits per heavy atom. The average molecular weight is 453 g/mol. The van der Waals surface area contributed by atoms with Crippen molar-refractivity contribution in [1.82, 2.24) is 0 Å². The molecule has 0 spiro atoms. The molecule has 0 saturated carbocycles. The summed E-state index contributed by atoms with van der Waals surface area (Å²) in [6.07, 6.45) is 0.531. The largest absolute Gasteiger partial charge is 0.488 e. The first-order valence-electron chi connectivity index (χ1n) is 11.4. The van der Waals surface area contributed by atoms with Gasteiger partial charge in [0.1, 0.15) is 24.7 Å². The summed E-state index contributed by atoms with van der Waals surface area (Å²) in [5.41, 5.74) is 5.43. The SMILES string of the molecule is CCc1c(OCc2ccccc2)cc(OCc2ccccc2)c(-c2ccccc2)c1CC(=O)O. The van der Waals surface area contributed by atoms with Crippen LogP contribution in [0.25, 0.3) is 11.1 Å². The second kappa shape index (κ2) is 11.2. The van der Waals surface area contributed by atoms with Gasteiger partial charge in [-0.3, -0.25) is 4.79 Å². The van der Waals surface area contributed by atoms with Crippen LogP contribution in [-0.2, 0) is 30.8 Å². The lowest BCUT2D eigenvalue weighted by Gasteiger charge is -2.22. The Labute approximate surface area is 200 Å². The molecule has 4 aromatic rings. The van der Waals surface area contributed by atoms with E-state index in [1.807, 2.05) is 104 Å². The normalized spacial score (nSPS) is 10.6. The maximum Gasteiger partial charge on any atom is 0.307 e. The molecule has 0 aliphatic rings. The summed E-state index contributed by atoms with van der Waals surface area (Å²) < 4.78 is 12.6. The number of carboxylic acid groups (broad SMARTS) is 1. The number of hydrogen-bond acceptors (Lipinski definition) is 3. The molecule has 0 fully saturated rings. The van der Waals surface area contributed by atoms with Gasteiger partial charge in [0.15, 0.2) is 0 Å². The number of carboxylic acids is 1. The van der Waals surface area contributed by atoms with Crippen LogP contribution < -0.4 is 9.47 Å². The van der Waals surface area contributed by atoms with Crippen molar-refractivity contribution in [2.24, 2.45) is 0 Å². The van der Waals surface area contributed by atoms with Crippen LogP contribution in [0.4, 0.5) is 0 Å². The predicted octanol–water partition coefficient (Wildman–Crippen LogP) is 6.70. The number of carbonyl (C=O) groups is 1. The van der Waals surface area contributed by atoms with Gasteiger partial charge in [0.25, 0.3) is 0 Å². The Morgan fingerprint density at radius 1 is 0.706 bits per heavy atom. The van der Waals surface area contributed by atoms with Gasteiger partial charge in [-0.05, 0) is 34.2 Å². The molecule has 0 saturated heterocycles. The minimum atomic E-state index is -0.888. The summed E-state index contributed by atoms with van der Waals surface area (Å²) >= 11 is 0. The number of ether oxygens (including phenoxy) is 2. The summed E-state index contributed by atoms with van der Waals surface area (Å²) in [5.74, 6) is 0.387. The van der Waals surface area contributed by atoms with Crippen molar-refractivity contribution in [3.8, 4) is 22.6 Å². The Morgan fingerprint density at radius 2 is 1.21 bits per heavy atom. The minimum absolute atomic E-state index is 0.113. The fourth-order valence-electron chi connectivity index (χ4n) is 4.10. The number of benzene rings is 4. The van der Waals surface area contributed by atoms with Gasteiger partial charge >= 0.3 is 5.97 Å². The third-order valence-electron chi connectivity index (χ3n) is 5.69. The van der Waals surface area contributed by atoms with E-state index in [2.05, 4.69) is 0 Å². The standard InChI is InChI=1S/C30H28O4/c1-2-25-26(18-29(31)32)30(24-16-10-5-11-17-24)28(34-21-23-14-8-4-9-15-23)19-27(25)33-20-22-12-6-3-7-13-22/h3-17,19H,2,18,20-21H2,1H3,(H,31,32). The third kappa shape index (κ3) is 5.65. The van der Waals surface area contributed by atoms with E-state index in [1.165, 1.54) is 0 Å². The first-order chi connectivity index (χ1) is 16.7. The molecule has 0 atom stereocenters. The zero-order valence-electron chi connectivity index (χ0n) is 19.2. The van der Waals surface area contributed by atoms with Crippen LogP contribution in [0, 0.1) is 0 Å². The minimum Gasteiger partial charge on any atom is -0.488 e. The van der Waals surface area contributed by atoms with Crippen LogP contribution >= 0.6 is 0 Å². The van der Waals surface area contributed by atoms with E-state index >= 15 is 0 Å². The van der Waals surface area contributed by atoms with Gasteiger partial charge in [-0.15, -0.1) is 0 Å². The predicted molar refractivity (Wildman–Crippen MR) is 134 cm³/mol. The lowest BCUT2D eigenvalue weighted by atomic mass is 9.90. The molecule has 0 heterocycles. The van der Waals surface area contributed by atoms with Crippen LogP contribution in [0.3, 0.4) is 0 Å². The smallest absolute Gasteiger partial charge is 0.307 e. The summed E-state index contributed by atoms with van der Waals surface area (Å²) in [5, 5.41) is 9.77. The number of hydrogen-bond donors (Lipinski definition) is 1. The summed E-state index contributed by atoms with van der Waals surface area (Å²) in [6.45, 7) is 2.79. The van der Waals surface area contributed by atoms with Crippen molar-refractivity contribution >= 4 is 5.97 Å². The molecule has 0 bridgehead atoms. The van der Waals surface area contributed by atoms with Crippen molar-refractivity contribution in [3.05, 3.63) is 119 Å². The molecular formula is C30H28O4. The third-order valence-corrected chi connectivity index (χ3v) is 5.69. The van der Waals surface area contributed by atoms with E-state index < -0.39 is 5.97 Å². The Balaban J connectivity index is 1.81. The topological polar surface area (TPSA) is 55.8 Å². The van der Waals surface area contributed by atoms with Crippen LogP contribution in [0.5, 0.6) is 11.5 Å². The van der Waals surface area contributed by atoms with Gasteiger partial charge in [0, 0.05) is 11.6 Å². The van der Waals surface area contributed by atoms with Crippen molar-refractivity contribution in [2.75, 3.05) is 0 Å². The van der Waals surface area contributed by atoms with Crippen molar-refractivity contribution < 1.29 is 19.4 Å². The van der Waals surface area contributed by atoms with E-state index in [4.69, 9.17) is 9.47 Å². The van der Waals surface area contributed by atoms with E-state index in [-0.39, 0.29) is 6.42 Å². The average Bonchev–Trinajstić information content (AvgIpc) is 2.87. The van der Waals surface area contributed by atoms with Crippen LogP contribution in [0.15, 0.2) is 97.1 Å². The number of rotatable bonds is 10. The quantitative estimate of drug-likeness (QED) is 0.291. The fraction of sp³-hybridized carbons (Fsp3) is 0.167. The molecule has 4 heteroatoms. The first-order valence-corrected chi connectivity index (χ1v) is 11.4. The highest BCUT2D eigenvalue weighted by Crippen LogP contribution is 2.42. The van der Waals surface area contributed by atoms with Gasteiger partial charge in [0.2, 0.25) is 0 Å². The summed E-state index contributed by atoms with van der Waals surface area (Å²) in [7, 11) is 0. The molecule has 34 heavy (non-hydrogen) atoms. The van der Waals surface area contributed by atoms with Crippen LogP contribution in [0.2, 0.25) is 0 Å². The fourth-order valence-corrected chi connectivity index (χ4v) is 4.10. The molecule has 4 aromatic carbocycles. The van der Waals surface area contributed by atoms with Gasteiger partial charge in [-0.25, -0.2) is 0 Å². The highest BCUT2D eigenvalue weighted by atomic mass is 16.5. The molecule has 172 valence electrons. The van der Waals surface area contributed by atoms with Gasteiger partial charge in [0.05, 0.1) is 6.42 Å². The lowest BCUT2D eigenvalue weighted by molar-refractivity contribution is -0.136. The molecule has 0 aliphatic heterocycles. The van der Waals surface area contributed by atoms with Crippen molar-refractivity contribution in [3.63, 3.8) is 0 Å². The second-order valence-electron chi connectivity index (χ2n) is 8.04. The Bertz CT molecular complexity index is 1220. The zero-order valence-corrected chi connectivity index (χ0v) is 19.2. The number of aliphatic carboxylic acids is 1. The molecule has 0 radical (unpaired) electrons. The molecule has 4 rings (SSSR count). The van der Waals surface area contributed by atoms with Gasteiger partial charge in [-0.2, -0.15) is 0 Å². The zero-order chi connectivity index (χ0) is 23.8. The second-order valence-corrected chi connectivity index (χ2v) is 8.04. The molecule has 1 N–H and O–H groups in total. The van der Waals surface area contributed by atoms with Gasteiger partial charge in [-0.1, -0.05) is 97.9 Å². The molecule has 0 aromatic heterocycles. The van der Waals surface area contributed by atoms with Crippen LogP contribution in [-0.4, -0.2) is 11.1 Å². The highest BCUT2D eigenvalue weighted by Gasteiger charge is 2.22. The Hall–Kier alpha value is -4.05. The van der Waals surface area contributed by atoms with E-state index in [0.717, 1.165) is 33.4 Å². The van der Waals surface area contributed by atoms with Crippen LogP contribution in [0.1, 0.15) is 29.2 Å². The maximum atomic E-state index is 11.9. The lowest BCUT2D eigenvalue weighted by Crippen LogP contribution is -2.10. The van der Waals surface area contributed by atoms with Crippen molar-refractivity contribution in [2.45, 2.75) is 33.0 Å². The molecular weight excluding hydrogens is 424 g/mol. The monoisotopic (exact) mass is 452 g/mol. The first kappa shape index (κ1) is 23.1. The summed E-state index contributed by atoms with van der Waals surface area (Å²) in [4.78, 5) is 11.9. The van der Waals surface area contributed by atoms with E-state index in [9.17, 15) is 9.90 Å². The maximum absolute atomic E-state index is 11.9. The molecule has 0 amide bonds. The highest BCUT2D eigenvalue weighted by molar-refractivity contribution is 5.82. The molecule has 0 aliphatic carbocycles. The van der Waals surface area contributed by atoms with Crippen molar-refractivity contribution in [1.29, 1.82) is 0 Å². The van der Waals surface area contributed by atoms with E-state index in [1.54, 1.807) is 0 Å². The van der Waals surface area contributed by atoms with E-state index in [0.29, 0.717) is 31.1 Å². The molecule has 4 nitrogen and oxygen atoms in total.